The Kier molecular flexibility index (Phi) is 6.74. The van der Waals surface area contributed by atoms with Crippen LogP contribution in [0.25, 0.3) is 0 Å². The largest absolute Gasteiger partial charge is 0.469 e. The zero-order valence-electron chi connectivity index (χ0n) is 13.8. The number of methoxy groups -OCH3 is 2. The molecule has 7 nitrogen and oxygen atoms in total. The van der Waals surface area contributed by atoms with Gasteiger partial charge in [0, 0.05) is 44.1 Å². The van der Waals surface area contributed by atoms with Crippen molar-refractivity contribution in [2.75, 3.05) is 33.9 Å². The molecule has 1 aliphatic heterocycles. The predicted molar refractivity (Wildman–Crippen MR) is 88.8 cm³/mol. The van der Waals surface area contributed by atoms with Gasteiger partial charge in [-0.15, -0.1) is 0 Å². The van der Waals surface area contributed by atoms with E-state index in [0.717, 1.165) is 0 Å². The minimum atomic E-state index is -0.365. The van der Waals surface area contributed by atoms with Crippen molar-refractivity contribution in [2.24, 2.45) is 5.92 Å². The number of likely N-dealkylation sites (tertiary alicyclic amines) is 1. The van der Waals surface area contributed by atoms with Crippen LogP contribution in [0.1, 0.15) is 23.2 Å². The summed E-state index contributed by atoms with van der Waals surface area (Å²) in [6.45, 7) is 1.12. The minimum Gasteiger partial charge on any atom is -0.469 e. The number of nitrogens with zero attached hydrogens (tertiary/aromatic N) is 1. The second-order valence-corrected chi connectivity index (χ2v) is 6.33. The number of rotatable bonds is 6. The number of esters is 1. The van der Waals surface area contributed by atoms with Crippen molar-refractivity contribution in [3.8, 4) is 0 Å². The maximum atomic E-state index is 12.3. The third-order valence-corrected chi connectivity index (χ3v) is 4.81. The molecule has 1 N–H and O–H groups in total. The standard InChI is InChI=1S/C16H22N2O5S/c1-22-13-9-18(7-4-12(13)16(21)23-2)14(19)3-6-17-15(20)11-5-8-24-10-11/h5,8,10,12-13H,3-4,6-7,9H2,1-2H3,(H,17,20). The monoisotopic (exact) mass is 354 g/mol. The molecule has 2 unspecified atom stereocenters. The lowest BCUT2D eigenvalue weighted by atomic mass is 9.93. The number of nitrogens with one attached hydrogen (secondary N) is 1. The van der Waals surface area contributed by atoms with Gasteiger partial charge in [-0.2, -0.15) is 11.3 Å². The Morgan fingerprint density at radius 3 is 2.79 bits per heavy atom. The van der Waals surface area contributed by atoms with Crippen LogP contribution in [0.5, 0.6) is 0 Å². The summed E-state index contributed by atoms with van der Waals surface area (Å²) in [5, 5.41) is 6.32. The van der Waals surface area contributed by atoms with Crippen molar-refractivity contribution < 1.29 is 23.9 Å². The molecular formula is C16H22N2O5S. The van der Waals surface area contributed by atoms with Gasteiger partial charge in [-0.3, -0.25) is 14.4 Å². The fourth-order valence-electron chi connectivity index (χ4n) is 2.74. The molecule has 0 radical (unpaired) electrons. The average molecular weight is 354 g/mol. The lowest BCUT2D eigenvalue weighted by Crippen LogP contribution is -2.50. The van der Waals surface area contributed by atoms with Crippen LogP contribution >= 0.6 is 11.3 Å². The molecule has 2 heterocycles. The Bertz CT molecular complexity index is 575. The number of piperidine rings is 1. The van der Waals surface area contributed by atoms with E-state index in [1.807, 2.05) is 5.38 Å². The SMILES string of the molecule is COC(=O)C1CCN(C(=O)CCNC(=O)c2ccsc2)CC1OC. The Morgan fingerprint density at radius 1 is 1.38 bits per heavy atom. The van der Waals surface area contributed by atoms with E-state index < -0.39 is 0 Å². The molecule has 1 aliphatic rings. The molecule has 24 heavy (non-hydrogen) atoms. The van der Waals surface area contributed by atoms with Gasteiger partial charge in [0.15, 0.2) is 0 Å². The summed E-state index contributed by atoms with van der Waals surface area (Å²) in [5.41, 5.74) is 0.603. The summed E-state index contributed by atoms with van der Waals surface area (Å²) >= 11 is 1.45. The third kappa shape index (κ3) is 4.55. The maximum Gasteiger partial charge on any atom is 0.311 e. The molecule has 0 aliphatic carbocycles. The van der Waals surface area contributed by atoms with Gasteiger partial charge >= 0.3 is 5.97 Å². The van der Waals surface area contributed by atoms with E-state index in [9.17, 15) is 14.4 Å². The molecule has 0 aromatic carbocycles. The van der Waals surface area contributed by atoms with E-state index in [-0.39, 0.29) is 42.8 Å². The first-order chi connectivity index (χ1) is 11.6. The van der Waals surface area contributed by atoms with Gasteiger partial charge in [0.05, 0.1) is 19.1 Å². The highest BCUT2D eigenvalue weighted by Gasteiger charge is 2.36. The van der Waals surface area contributed by atoms with Crippen LogP contribution in [0.15, 0.2) is 16.8 Å². The van der Waals surface area contributed by atoms with Crippen molar-refractivity contribution in [3.05, 3.63) is 22.4 Å². The fraction of sp³-hybridized carbons (Fsp3) is 0.562. The van der Waals surface area contributed by atoms with Gasteiger partial charge in [-0.25, -0.2) is 0 Å². The molecule has 1 aromatic heterocycles. The molecule has 132 valence electrons. The van der Waals surface area contributed by atoms with Crippen LogP contribution in [0.3, 0.4) is 0 Å². The highest BCUT2D eigenvalue weighted by atomic mass is 32.1. The van der Waals surface area contributed by atoms with E-state index in [0.29, 0.717) is 25.1 Å². The lowest BCUT2D eigenvalue weighted by Gasteiger charge is -2.36. The van der Waals surface area contributed by atoms with Crippen LogP contribution in [0.4, 0.5) is 0 Å². The van der Waals surface area contributed by atoms with Crippen LogP contribution in [0, 0.1) is 5.92 Å². The van der Waals surface area contributed by atoms with Gasteiger partial charge in [0.25, 0.3) is 5.91 Å². The molecule has 0 saturated carbocycles. The smallest absolute Gasteiger partial charge is 0.311 e. The number of carbonyl (C=O) groups excluding carboxylic acids is 3. The average Bonchev–Trinajstić information content (AvgIpc) is 3.15. The number of carbonyl (C=O) groups is 3. The molecule has 2 atom stereocenters. The molecule has 8 heteroatoms. The van der Waals surface area contributed by atoms with E-state index in [4.69, 9.17) is 9.47 Å². The normalized spacial score (nSPS) is 20.5. The fourth-order valence-corrected chi connectivity index (χ4v) is 3.38. The highest BCUT2D eigenvalue weighted by molar-refractivity contribution is 7.08. The number of amides is 2. The van der Waals surface area contributed by atoms with Crippen molar-refractivity contribution >= 4 is 29.1 Å². The Hall–Kier alpha value is -1.93. The molecule has 1 fully saturated rings. The van der Waals surface area contributed by atoms with Gasteiger partial charge in [-0.1, -0.05) is 0 Å². The number of ether oxygens (including phenoxy) is 2. The summed E-state index contributed by atoms with van der Waals surface area (Å²) in [6.07, 6.45) is 0.364. The molecule has 0 spiro atoms. The quantitative estimate of drug-likeness (QED) is 0.768. The second kappa shape index (κ2) is 8.79. The Balaban J connectivity index is 1.78. The molecule has 1 saturated heterocycles. The summed E-state index contributed by atoms with van der Waals surface area (Å²) in [6, 6.07) is 1.74. The second-order valence-electron chi connectivity index (χ2n) is 5.55. The molecule has 2 rings (SSSR count). The minimum absolute atomic E-state index is 0.0639. The molecule has 0 bridgehead atoms. The van der Waals surface area contributed by atoms with E-state index in [1.54, 1.807) is 16.3 Å². The molecule has 1 aromatic rings. The van der Waals surface area contributed by atoms with Crippen molar-refractivity contribution in [1.29, 1.82) is 0 Å². The number of hydrogen-bond acceptors (Lipinski definition) is 6. The topological polar surface area (TPSA) is 84.9 Å². The third-order valence-electron chi connectivity index (χ3n) is 4.13. The molecular weight excluding hydrogens is 332 g/mol. The predicted octanol–water partition coefficient (Wildman–Crippen LogP) is 0.904. The summed E-state index contributed by atoms with van der Waals surface area (Å²) in [7, 11) is 2.87. The lowest BCUT2D eigenvalue weighted by molar-refractivity contribution is -0.157. The van der Waals surface area contributed by atoms with Gasteiger partial charge < -0.3 is 19.7 Å². The first-order valence-corrected chi connectivity index (χ1v) is 8.70. The van der Waals surface area contributed by atoms with Crippen LogP contribution in [-0.2, 0) is 19.1 Å². The van der Waals surface area contributed by atoms with Gasteiger partial charge in [0.2, 0.25) is 5.91 Å². The van der Waals surface area contributed by atoms with Gasteiger partial charge in [-0.05, 0) is 17.9 Å². The van der Waals surface area contributed by atoms with E-state index >= 15 is 0 Å². The maximum absolute atomic E-state index is 12.3. The first kappa shape index (κ1) is 18.4. The molecule has 2 amide bonds. The van der Waals surface area contributed by atoms with Gasteiger partial charge in [0.1, 0.15) is 0 Å². The summed E-state index contributed by atoms with van der Waals surface area (Å²) < 4.78 is 10.1. The number of hydrogen-bond donors (Lipinski definition) is 1. The Labute approximate surface area is 144 Å². The zero-order chi connectivity index (χ0) is 17.5. The number of thiophene rings is 1. The Morgan fingerprint density at radius 2 is 2.17 bits per heavy atom. The summed E-state index contributed by atoms with van der Waals surface area (Å²) in [5.74, 6) is -0.895. The highest BCUT2D eigenvalue weighted by Crippen LogP contribution is 2.22. The first-order valence-electron chi connectivity index (χ1n) is 7.75. The van der Waals surface area contributed by atoms with Crippen LogP contribution in [0.2, 0.25) is 0 Å². The van der Waals surface area contributed by atoms with Crippen molar-refractivity contribution in [2.45, 2.75) is 18.9 Å². The zero-order valence-corrected chi connectivity index (χ0v) is 14.6. The summed E-state index contributed by atoms with van der Waals surface area (Å²) in [4.78, 5) is 37.5. The van der Waals surface area contributed by atoms with Crippen LogP contribution in [-0.4, -0.2) is 62.6 Å². The van der Waals surface area contributed by atoms with E-state index in [1.165, 1.54) is 25.6 Å². The van der Waals surface area contributed by atoms with Crippen LogP contribution < -0.4 is 5.32 Å². The van der Waals surface area contributed by atoms with Crippen molar-refractivity contribution in [1.82, 2.24) is 10.2 Å². The van der Waals surface area contributed by atoms with Crippen molar-refractivity contribution in [3.63, 3.8) is 0 Å². The van der Waals surface area contributed by atoms with E-state index in [2.05, 4.69) is 5.32 Å².